The molecule has 0 aromatic rings. The number of methoxy groups -OCH3 is 2. The zero-order chi connectivity index (χ0) is 13.1. The summed E-state index contributed by atoms with van der Waals surface area (Å²) in [6.45, 7) is 4.46. The first-order chi connectivity index (χ1) is 8.14. The summed E-state index contributed by atoms with van der Waals surface area (Å²) in [4.78, 5) is 0. The lowest BCUT2D eigenvalue weighted by Crippen LogP contribution is -2.33. The van der Waals surface area contributed by atoms with Gasteiger partial charge in [0.15, 0.2) is 5.79 Å². The van der Waals surface area contributed by atoms with Gasteiger partial charge in [-0.2, -0.15) is 12.6 Å². The summed E-state index contributed by atoms with van der Waals surface area (Å²) in [6.07, 6.45) is 8.01. The van der Waals surface area contributed by atoms with Crippen molar-refractivity contribution < 1.29 is 9.47 Å². The lowest BCUT2D eigenvalue weighted by molar-refractivity contribution is -0.216. The highest BCUT2D eigenvalue weighted by Gasteiger charge is 2.28. The number of hydrogen-bond donors (Lipinski definition) is 1. The van der Waals surface area contributed by atoms with Gasteiger partial charge < -0.3 is 9.47 Å². The molecular formula is C14H30O2S. The minimum absolute atomic E-state index is 0.356. The SMILES string of the molecule is CCCCCC(CCCC(C)CS)(OC)OC. The number of thiol groups is 1. The smallest absolute Gasteiger partial charge is 0.167 e. The first-order valence-electron chi connectivity index (χ1n) is 6.85. The first-order valence-corrected chi connectivity index (χ1v) is 7.48. The van der Waals surface area contributed by atoms with E-state index in [4.69, 9.17) is 9.47 Å². The fourth-order valence-electron chi connectivity index (χ4n) is 2.07. The second kappa shape index (κ2) is 10.2. The second-order valence-corrected chi connectivity index (χ2v) is 5.32. The van der Waals surface area contributed by atoms with Crippen LogP contribution in [0.15, 0.2) is 0 Å². The van der Waals surface area contributed by atoms with E-state index >= 15 is 0 Å². The first kappa shape index (κ1) is 17.3. The quantitative estimate of drug-likeness (QED) is 0.340. The number of hydrogen-bond acceptors (Lipinski definition) is 3. The molecule has 0 aliphatic rings. The van der Waals surface area contributed by atoms with E-state index in [2.05, 4.69) is 26.5 Å². The third kappa shape index (κ3) is 7.32. The standard InChI is InChI=1S/C14H30O2S/c1-5-6-7-10-14(15-3,16-4)11-8-9-13(2)12-17/h13,17H,5-12H2,1-4H3. The van der Waals surface area contributed by atoms with Crippen LogP contribution in [-0.2, 0) is 9.47 Å². The maximum Gasteiger partial charge on any atom is 0.167 e. The molecule has 17 heavy (non-hydrogen) atoms. The Morgan fingerprint density at radius 1 is 1.06 bits per heavy atom. The monoisotopic (exact) mass is 262 g/mol. The van der Waals surface area contributed by atoms with Gasteiger partial charge in [-0.05, 0) is 30.9 Å². The summed E-state index contributed by atoms with van der Waals surface area (Å²) in [5.41, 5.74) is 0. The highest BCUT2D eigenvalue weighted by atomic mass is 32.1. The Bertz CT molecular complexity index is 170. The van der Waals surface area contributed by atoms with Crippen LogP contribution < -0.4 is 0 Å². The van der Waals surface area contributed by atoms with E-state index in [0.717, 1.165) is 25.0 Å². The molecule has 0 fully saturated rings. The van der Waals surface area contributed by atoms with Crippen molar-refractivity contribution in [3.8, 4) is 0 Å². The van der Waals surface area contributed by atoms with Gasteiger partial charge in [0.05, 0.1) is 0 Å². The summed E-state index contributed by atoms with van der Waals surface area (Å²) >= 11 is 4.31. The van der Waals surface area contributed by atoms with Crippen LogP contribution in [0.4, 0.5) is 0 Å². The summed E-state index contributed by atoms with van der Waals surface area (Å²) in [5.74, 6) is 1.29. The average molecular weight is 262 g/mol. The minimum atomic E-state index is -0.356. The molecule has 3 heteroatoms. The van der Waals surface area contributed by atoms with Crippen LogP contribution in [0, 0.1) is 5.92 Å². The Hall–Kier alpha value is 0.270. The van der Waals surface area contributed by atoms with Gasteiger partial charge >= 0.3 is 0 Å². The van der Waals surface area contributed by atoms with Gasteiger partial charge in [-0.25, -0.2) is 0 Å². The second-order valence-electron chi connectivity index (χ2n) is 4.96. The van der Waals surface area contributed by atoms with Crippen molar-refractivity contribution in [2.75, 3.05) is 20.0 Å². The summed E-state index contributed by atoms with van der Waals surface area (Å²) in [5, 5.41) is 0. The lowest BCUT2D eigenvalue weighted by Gasteiger charge is -2.31. The van der Waals surface area contributed by atoms with Crippen molar-refractivity contribution in [3.05, 3.63) is 0 Å². The van der Waals surface area contributed by atoms with Crippen LogP contribution in [0.1, 0.15) is 58.8 Å². The molecule has 1 unspecified atom stereocenters. The van der Waals surface area contributed by atoms with Crippen LogP contribution >= 0.6 is 12.6 Å². The molecule has 0 aliphatic heterocycles. The molecule has 0 saturated carbocycles. The van der Waals surface area contributed by atoms with Gasteiger partial charge in [0, 0.05) is 27.1 Å². The Labute approximate surface area is 113 Å². The molecule has 2 nitrogen and oxygen atoms in total. The molecule has 0 N–H and O–H groups in total. The Morgan fingerprint density at radius 3 is 2.12 bits per heavy atom. The molecule has 0 heterocycles. The van der Waals surface area contributed by atoms with E-state index in [0.29, 0.717) is 5.92 Å². The van der Waals surface area contributed by atoms with E-state index in [1.54, 1.807) is 14.2 Å². The highest BCUT2D eigenvalue weighted by molar-refractivity contribution is 7.80. The predicted molar refractivity (Wildman–Crippen MR) is 77.8 cm³/mol. The van der Waals surface area contributed by atoms with Crippen LogP contribution in [0.3, 0.4) is 0 Å². The van der Waals surface area contributed by atoms with Crippen molar-refractivity contribution in [2.45, 2.75) is 64.6 Å². The molecule has 0 aromatic carbocycles. The molecule has 0 rings (SSSR count). The van der Waals surface area contributed by atoms with Crippen LogP contribution in [-0.4, -0.2) is 25.8 Å². The fourth-order valence-corrected chi connectivity index (χ4v) is 2.25. The van der Waals surface area contributed by atoms with Crippen LogP contribution in [0.5, 0.6) is 0 Å². The molecular weight excluding hydrogens is 232 g/mol. The molecule has 0 bridgehead atoms. The zero-order valence-corrected chi connectivity index (χ0v) is 12.9. The maximum atomic E-state index is 5.61. The third-order valence-corrected chi connectivity index (χ3v) is 4.09. The van der Waals surface area contributed by atoms with E-state index in [1.807, 2.05) is 0 Å². The molecule has 0 spiro atoms. The third-order valence-electron chi connectivity index (χ3n) is 3.47. The summed E-state index contributed by atoms with van der Waals surface area (Å²) in [7, 11) is 3.52. The van der Waals surface area contributed by atoms with Crippen molar-refractivity contribution >= 4 is 12.6 Å². The van der Waals surface area contributed by atoms with E-state index in [9.17, 15) is 0 Å². The van der Waals surface area contributed by atoms with Gasteiger partial charge in [-0.3, -0.25) is 0 Å². The van der Waals surface area contributed by atoms with Gasteiger partial charge in [-0.1, -0.05) is 26.7 Å². The molecule has 0 aliphatic carbocycles. The lowest BCUT2D eigenvalue weighted by atomic mass is 9.98. The van der Waals surface area contributed by atoms with Crippen LogP contribution in [0.25, 0.3) is 0 Å². The molecule has 0 radical (unpaired) electrons. The molecule has 0 saturated heterocycles. The molecule has 104 valence electrons. The summed E-state index contributed by atoms with van der Waals surface area (Å²) in [6, 6.07) is 0. The molecule has 1 atom stereocenters. The van der Waals surface area contributed by atoms with E-state index < -0.39 is 0 Å². The maximum absolute atomic E-state index is 5.61. The fraction of sp³-hybridized carbons (Fsp3) is 1.00. The number of ether oxygens (including phenoxy) is 2. The average Bonchev–Trinajstić information content (AvgIpc) is 2.37. The van der Waals surface area contributed by atoms with Gasteiger partial charge in [0.25, 0.3) is 0 Å². The Morgan fingerprint density at radius 2 is 1.65 bits per heavy atom. The topological polar surface area (TPSA) is 18.5 Å². The van der Waals surface area contributed by atoms with Crippen molar-refractivity contribution in [2.24, 2.45) is 5.92 Å². The van der Waals surface area contributed by atoms with Crippen molar-refractivity contribution in [3.63, 3.8) is 0 Å². The van der Waals surface area contributed by atoms with E-state index in [1.165, 1.54) is 25.7 Å². The molecule has 0 amide bonds. The van der Waals surface area contributed by atoms with Crippen LogP contribution in [0.2, 0.25) is 0 Å². The minimum Gasteiger partial charge on any atom is -0.353 e. The van der Waals surface area contributed by atoms with Gasteiger partial charge in [0.2, 0.25) is 0 Å². The van der Waals surface area contributed by atoms with Gasteiger partial charge in [-0.15, -0.1) is 0 Å². The Kier molecular flexibility index (Phi) is 10.4. The normalized spacial score (nSPS) is 13.9. The Balaban J connectivity index is 4.01. The number of unbranched alkanes of at least 4 members (excludes halogenated alkanes) is 2. The van der Waals surface area contributed by atoms with Gasteiger partial charge in [0.1, 0.15) is 0 Å². The molecule has 0 aromatic heterocycles. The highest BCUT2D eigenvalue weighted by Crippen LogP contribution is 2.27. The number of rotatable bonds is 11. The largest absolute Gasteiger partial charge is 0.353 e. The van der Waals surface area contributed by atoms with Crippen molar-refractivity contribution in [1.29, 1.82) is 0 Å². The summed E-state index contributed by atoms with van der Waals surface area (Å²) < 4.78 is 11.2. The predicted octanol–water partition coefficient (Wildman–Crippen LogP) is 4.29. The van der Waals surface area contributed by atoms with Crippen molar-refractivity contribution in [1.82, 2.24) is 0 Å². The zero-order valence-electron chi connectivity index (χ0n) is 12.0. The van der Waals surface area contributed by atoms with E-state index in [-0.39, 0.29) is 5.79 Å².